The van der Waals surface area contributed by atoms with Gasteiger partial charge in [0.1, 0.15) is 0 Å². The Kier molecular flexibility index (Phi) is 5.32. The standard InChI is InChI=1S/C16H20N2O3/c1-20-11-14-8-15(21-2)10-18(14)16(19)7-12-3-5-13(9-17)6-4-12/h3-6,14-15H,7-8,10-11H2,1-2H3/t14-,15+/m0/s1. The van der Waals surface area contributed by atoms with Gasteiger partial charge in [0.2, 0.25) is 5.91 Å². The van der Waals surface area contributed by atoms with Crippen LogP contribution in [0.5, 0.6) is 0 Å². The molecule has 1 aliphatic heterocycles. The van der Waals surface area contributed by atoms with Crippen LogP contribution in [0.4, 0.5) is 0 Å². The van der Waals surface area contributed by atoms with Crippen LogP contribution >= 0.6 is 0 Å². The first-order valence-corrected chi connectivity index (χ1v) is 6.98. The third-order valence-electron chi connectivity index (χ3n) is 3.83. The number of carbonyl (C=O) groups is 1. The van der Waals surface area contributed by atoms with E-state index < -0.39 is 0 Å². The molecule has 1 aromatic carbocycles. The van der Waals surface area contributed by atoms with Gasteiger partial charge < -0.3 is 14.4 Å². The maximum Gasteiger partial charge on any atom is 0.227 e. The van der Waals surface area contributed by atoms with Crippen LogP contribution in [-0.2, 0) is 20.7 Å². The topological polar surface area (TPSA) is 62.6 Å². The van der Waals surface area contributed by atoms with Gasteiger partial charge in [-0.1, -0.05) is 12.1 Å². The largest absolute Gasteiger partial charge is 0.383 e. The van der Waals surface area contributed by atoms with E-state index >= 15 is 0 Å². The summed E-state index contributed by atoms with van der Waals surface area (Å²) in [5.74, 6) is 0.0707. The lowest BCUT2D eigenvalue weighted by atomic mass is 10.1. The predicted molar refractivity (Wildman–Crippen MR) is 77.7 cm³/mol. The fraction of sp³-hybridized carbons (Fsp3) is 0.500. The highest BCUT2D eigenvalue weighted by molar-refractivity contribution is 5.79. The molecule has 1 saturated heterocycles. The zero-order chi connectivity index (χ0) is 15.2. The Labute approximate surface area is 125 Å². The molecule has 21 heavy (non-hydrogen) atoms. The Morgan fingerprint density at radius 1 is 1.38 bits per heavy atom. The number of rotatable bonds is 5. The van der Waals surface area contributed by atoms with Crippen LogP contribution in [0.15, 0.2) is 24.3 Å². The third-order valence-corrected chi connectivity index (χ3v) is 3.83. The minimum Gasteiger partial charge on any atom is -0.383 e. The number of hydrogen-bond acceptors (Lipinski definition) is 4. The van der Waals surface area contributed by atoms with Crippen molar-refractivity contribution in [2.24, 2.45) is 0 Å². The Morgan fingerprint density at radius 3 is 2.67 bits per heavy atom. The lowest BCUT2D eigenvalue weighted by Gasteiger charge is -2.23. The smallest absolute Gasteiger partial charge is 0.227 e. The summed E-state index contributed by atoms with van der Waals surface area (Å²) in [6.45, 7) is 1.14. The number of methoxy groups -OCH3 is 2. The summed E-state index contributed by atoms with van der Waals surface area (Å²) < 4.78 is 10.6. The van der Waals surface area contributed by atoms with Crippen molar-refractivity contribution in [1.82, 2.24) is 4.90 Å². The molecule has 1 fully saturated rings. The molecule has 0 saturated carbocycles. The van der Waals surface area contributed by atoms with Crippen molar-refractivity contribution in [3.63, 3.8) is 0 Å². The fourth-order valence-corrected chi connectivity index (χ4v) is 2.67. The van der Waals surface area contributed by atoms with E-state index in [1.807, 2.05) is 17.0 Å². The average Bonchev–Trinajstić information content (AvgIpc) is 2.92. The first kappa shape index (κ1) is 15.5. The number of hydrogen-bond donors (Lipinski definition) is 0. The van der Waals surface area contributed by atoms with E-state index in [1.165, 1.54) is 0 Å². The van der Waals surface area contributed by atoms with Gasteiger partial charge in [0, 0.05) is 20.8 Å². The minimum absolute atomic E-state index is 0.0707. The Balaban J connectivity index is 2.02. The maximum atomic E-state index is 12.5. The molecule has 0 spiro atoms. The highest BCUT2D eigenvalue weighted by Crippen LogP contribution is 2.21. The van der Waals surface area contributed by atoms with Gasteiger partial charge in [-0.25, -0.2) is 0 Å². The van der Waals surface area contributed by atoms with Crippen molar-refractivity contribution in [2.75, 3.05) is 27.4 Å². The molecule has 0 unspecified atom stereocenters. The summed E-state index contributed by atoms with van der Waals surface area (Å²) in [5, 5.41) is 8.78. The summed E-state index contributed by atoms with van der Waals surface area (Å²) in [5.41, 5.74) is 1.51. The molecule has 5 nitrogen and oxygen atoms in total. The number of benzene rings is 1. The van der Waals surface area contributed by atoms with Crippen LogP contribution in [0, 0.1) is 11.3 Å². The van der Waals surface area contributed by atoms with E-state index in [0.717, 1.165) is 12.0 Å². The molecule has 2 rings (SSSR count). The van der Waals surface area contributed by atoms with Crippen LogP contribution in [0.1, 0.15) is 17.5 Å². The van der Waals surface area contributed by atoms with Gasteiger partial charge in [0.25, 0.3) is 0 Å². The molecule has 1 aromatic rings. The molecular weight excluding hydrogens is 268 g/mol. The second-order valence-corrected chi connectivity index (χ2v) is 5.23. The van der Waals surface area contributed by atoms with Gasteiger partial charge in [-0.3, -0.25) is 4.79 Å². The zero-order valence-corrected chi connectivity index (χ0v) is 12.4. The molecule has 0 radical (unpaired) electrons. The number of amides is 1. The van der Waals surface area contributed by atoms with Crippen molar-refractivity contribution >= 4 is 5.91 Å². The highest BCUT2D eigenvalue weighted by atomic mass is 16.5. The molecule has 112 valence electrons. The van der Waals surface area contributed by atoms with Crippen molar-refractivity contribution in [1.29, 1.82) is 5.26 Å². The zero-order valence-electron chi connectivity index (χ0n) is 12.4. The summed E-state index contributed by atoms with van der Waals surface area (Å²) in [6.07, 6.45) is 1.22. The van der Waals surface area contributed by atoms with E-state index in [-0.39, 0.29) is 18.1 Å². The number of likely N-dealkylation sites (tertiary alicyclic amines) is 1. The summed E-state index contributed by atoms with van der Waals surface area (Å²) in [7, 11) is 3.31. The van der Waals surface area contributed by atoms with Crippen molar-refractivity contribution in [3.8, 4) is 6.07 Å². The van der Waals surface area contributed by atoms with Crippen molar-refractivity contribution in [3.05, 3.63) is 35.4 Å². The predicted octanol–water partition coefficient (Wildman–Crippen LogP) is 1.36. The molecule has 0 aromatic heterocycles. The van der Waals surface area contributed by atoms with E-state index in [4.69, 9.17) is 14.7 Å². The molecule has 1 amide bonds. The van der Waals surface area contributed by atoms with Gasteiger partial charge in [-0.15, -0.1) is 0 Å². The van der Waals surface area contributed by atoms with Crippen molar-refractivity contribution < 1.29 is 14.3 Å². The first-order chi connectivity index (χ1) is 10.2. The monoisotopic (exact) mass is 288 g/mol. The van der Waals surface area contributed by atoms with Crippen LogP contribution < -0.4 is 0 Å². The fourth-order valence-electron chi connectivity index (χ4n) is 2.67. The SMILES string of the molecule is COC[C@@H]1C[C@@H](OC)CN1C(=O)Cc1ccc(C#N)cc1. The van der Waals surface area contributed by atoms with Crippen LogP contribution in [-0.4, -0.2) is 50.3 Å². The third kappa shape index (κ3) is 3.81. The summed E-state index contributed by atoms with van der Waals surface area (Å²) >= 11 is 0. The van der Waals surface area contributed by atoms with E-state index in [0.29, 0.717) is 25.1 Å². The van der Waals surface area contributed by atoms with Gasteiger partial charge in [0.05, 0.1) is 36.8 Å². The van der Waals surface area contributed by atoms with E-state index in [1.54, 1.807) is 26.4 Å². The van der Waals surface area contributed by atoms with Crippen LogP contribution in [0.2, 0.25) is 0 Å². The average molecular weight is 288 g/mol. The highest BCUT2D eigenvalue weighted by Gasteiger charge is 2.34. The van der Waals surface area contributed by atoms with Gasteiger partial charge in [-0.2, -0.15) is 5.26 Å². The molecule has 1 heterocycles. The Bertz CT molecular complexity index is 521. The van der Waals surface area contributed by atoms with E-state index in [2.05, 4.69) is 6.07 Å². The quantitative estimate of drug-likeness (QED) is 0.821. The van der Waals surface area contributed by atoms with Gasteiger partial charge in [0.15, 0.2) is 0 Å². The molecule has 0 aliphatic carbocycles. The lowest BCUT2D eigenvalue weighted by Crippen LogP contribution is -2.39. The normalized spacial score (nSPS) is 21.3. The number of ether oxygens (including phenoxy) is 2. The molecular formula is C16H20N2O3. The summed E-state index contributed by atoms with van der Waals surface area (Å²) in [4.78, 5) is 14.3. The molecule has 0 N–H and O–H groups in total. The van der Waals surface area contributed by atoms with Gasteiger partial charge >= 0.3 is 0 Å². The van der Waals surface area contributed by atoms with Crippen LogP contribution in [0.25, 0.3) is 0 Å². The number of carbonyl (C=O) groups excluding carboxylic acids is 1. The number of nitriles is 1. The minimum atomic E-state index is 0.0707. The number of nitrogens with zero attached hydrogens (tertiary/aromatic N) is 2. The second-order valence-electron chi connectivity index (χ2n) is 5.23. The molecule has 2 atom stereocenters. The Morgan fingerprint density at radius 2 is 2.10 bits per heavy atom. The first-order valence-electron chi connectivity index (χ1n) is 6.98. The molecule has 0 bridgehead atoms. The maximum absolute atomic E-state index is 12.5. The second kappa shape index (κ2) is 7.21. The van der Waals surface area contributed by atoms with Gasteiger partial charge in [-0.05, 0) is 24.1 Å². The van der Waals surface area contributed by atoms with Crippen LogP contribution in [0.3, 0.4) is 0 Å². The van der Waals surface area contributed by atoms with E-state index in [9.17, 15) is 4.79 Å². The molecule has 1 aliphatic rings. The van der Waals surface area contributed by atoms with Crippen molar-refractivity contribution in [2.45, 2.75) is 25.0 Å². The summed E-state index contributed by atoms with van der Waals surface area (Å²) in [6, 6.07) is 9.26. The Hall–Kier alpha value is -1.90. The molecule has 5 heteroatoms. The lowest BCUT2D eigenvalue weighted by molar-refractivity contribution is -0.132.